The number of nitrogens with zero attached hydrogens (tertiary/aromatic N) is 3. The van der Waals surface area contributed by atoms with E-state index in [0.29, 0.717) is 32.5 Å². The van der Waals surface area contributed by atoms with Gasteiger partial charge in [-0.1, -0.05) is 23.2 Å². The van der Waals surface area contributed by atoms with Crippen LogP contribution in [0.3, 0.4) is 0 Å². The van der Waals surface area contributed by atoms with E-state index >= 15 is 0 Å². The molecule has 24 heavy (non-hydrogen) atoms. The van der Waals surface area contributed by atoms with Crippen molar-refractivity contribution >= 4 is 45.6 Å². The predicted octanol–water partition coefficient (Wildman–Crippen LogP) is 2.99. The Morgan fingerprint density at radius 3 is 2.54 bits per heavy atom. The van der Waals surface area contributed by atoms with Crippen LogP contribution >= 0.6 is 23.2 Å². The first kappa shape index (κ1) is 16.5. The summed E-state index contributed by atoms with van der Waals surface area (Å²) in [5, 5.41) is 4.44. The Kier molecular flexibility index (Phi) is 4.11. The van der Waals surface area contributed by atoms with Crippen molar-refractivity contribution in [3.8, 4) is 0 Å². The minimum absolute atomic E-state index is 0.300. The normalized spacial score (nSPS) is 11.0. The molecule has 2 aromatic heterocycles. The molecule has 0 aliphatic heterocycles. The average molecular weight is 365 g/mol. The van der Waals surface area contributed by atoms with Gasteiger partial charge < -0.3 is 5.32 Å². The summed E-state index contributed by atoms with van der Waals surface area (Å²) < 4.78 is 2.38. The zero-order chi connectivity index (χ0) is 17.6. The maximum atomic E-state index is 12.6. The fraction of sp³-hybridized carbons (Fsp3) is 0.188. The first-order chi connectivity index (χ1) is 11.3. The Labute approximate surface area is 147 Å². The van der Waals surface area contributed by atoms with Gasteiger partial charge in [0.15, 0.2) is 5.65 Å². The fourth-order valence-corrected chi connectivity index (χ4v) is 2.85. The molecule has 0 aliphatic rings. The van der Waals surface area contributed by atoms with E-state index in [1.165, 1.54) is 11.6 Å². The second-order valence-corrected chi connectivity index (χ2v) is 6.31. The molecule has 0 saturated carbocycles. The lowest BCUT2D eigenvalue weighted by Crippen LogP contribution is -2.37. The maximum absolute atomic E-state index is 12.6. The largest absolute Gasteiger partial charge is 0.353 e. The monoisotopic (exact) mass is 364 g/mol. The Bertz CT molecular complexity index is 1090. The van der Waals surface area contributed by atoms with Crippen LogP contribution in [0, 0.1) is 6.92 Å². The molecule has 124 valence electrons. The molecule has 0 radical (unpaired) electrons. The number of anilines is 2. The number of aromatic nitrogens is 3. The highest BCUT2D eigenvalue weighted by Crippen LogP contribution is 2.31. The molecule has 6 nitrogen and oxygen atoms in total. The molecule has 0 saturated heterocycles. The summed E-state index contributed by atoms with van der Waals surface area (Å²) in [5.74, 6) is 0. The van der Waals surface area contributed by atoms with Gasteiger partial charge in [0.25, 0.3) is 5.56 Å². The van der Waals surface area contributed by atoms with Gasteiger partial charge in [-0.15, -0.1) is 0 Å². The van der Waals surface area contributed by atoms with Gasteiger partial charge in [0.2, 0.25) is 0 Å². The van der Waals surface area contributed by atoms with E-state index in [9.17, 15) is 9.59 Å². The summed E-state index contributed by atoms with van der Waals surface area (Å²) in [7, 11) is 3.01. The summed E-state index contributed by atoms with van der Waals surface area (Å²) in [6, 6.07) is 5.01. The van der Waals surface area contributed by atoms with Gasteiger partial charge in [0.05, 0.1) is 16.4 Å². The summed E-state index contributed by atoms with van der Waals surface area (Å²) >= 11 is 12.2. The quantitative estimate of drug-likeness (QED) is 0.758. The zero-order valence-corrected chi connectivity index (χ0v) is 14.7. The highest BCUT2D eigenvalue weighted by Gasteiger charge is 2.16. The van der Waals surface area contributed by atoms with Crippen LogP contribution in [0.1, 0.15) is 5.56 Å². The van der Waals surface area contributed by atoms with Crippen molar-refractivity contribution in [2.75, 3.05) is 5.32 Å². The molecule has 0 fully saturated rings. The fourth-order valence-electron chi connectivity index (χ4n) is 2.51. The topological polar surface area (TPSA) is 68.9 Å². The number of aryl methyl sites for hydroxylation is 2. The van der Waals surface area contributed by atoms with E-state index in [1.807, 2.05) is 6.92 Å². The molecular weight excluding hydrogens is 351 g/mol. The van der Waals surface area contributed by atoms with Crippen molar-refractivity contribution in [1.82, 2.24) is 14.1 Å². The van der Waals surface area contributed by atoms with E-state index in [-0.39, 0.29) is 0 Å². The number of halogens is 2. The smallest absolute Gasteiger partial charge is 0.332 e. The third-order valence-corrected chi connectivity index (χ3v) is 4.41. The molecule has 8 heteroatoms. The van der Waals surface area contributed by atoms with Gasteiger partial charge in [0, 0.05) is 25.3 Å². The molecule has 0 bridgehead atoms. The lowest BCUT2D eigenvalue weighted by atomic mass is 10.1. The SMILES string of the molecule is Cc1cnc2c(c1Nc1cc(Cl)ccc1Cl)c(=O)n(C)c(=O)n2C. The van der Waals surface area contributed by atoms with Crippen molar-refractivity contribution in [1.29, 1.82) is 0 Å². The van der Waals surface area contributed by atoms with Gasteiger partial charge in [-0.25, -0.2) is 9.78 Å². The van der Waals surface area contributed by atoms with Crippen LogP contribution < -0.4 is 16.6 Å². The highest BCUT2D eigenvalue weighted by molar-refractivity contribution is 6.35. The van der Waals surface area contributed by atoms with Gasteiger partial charge >= 0.3 is 5.69 Å². The molecule has 0 aliphatic carbocycles. The van der Waals surface area contributed by atoms with E-state index in [2.05, 4.69) is 10.3 Å². The second-order valence-electron chi connectivity index (χ2n) is 5.47. The highest BCUT2D eigenvalue weighted by atomic mass is 35.5. The average Bonchev–Trinajstić information content (AvgIpc) is 2.55. The van der Waals surface area contributed by atoms with E-state index in [1.54, 1.807) is 31.4 Å². The minimum Gasteiger partial charge on any atom is -0.353 e. The van der Waals surface area contributed by atoms with Crippen molar-refractivity contribution in [2.24, 2.45) is 14.1 Å². The van der Waals surface area contributed by atoms with Crippen LogP contribution in [0.25, 0.3) is 11.0 Å². The number of hydrogen-bond donors (Lipinski definition) is 1. The number of fused-ring (bicyclic) bond motifs is 1. The molecule has 0 spiro atoms. The lowest BCUT2D eigenvalue weighted by Gasteiger charge is -2.15. The number of nitrogens with one attached hydrogen (secondary N) is 1. The molecule has 3 aromatic rings. The number of pyridine rings is 1. The first-order valence-electron chi connectivity index (χ1n) is 7.08. The zero-order valence-electron chi connectivity index (χ0n) is 13.2. The standard InChI is InChI=1S/C16H14Cl2N4O2/c1-8-7-19-14-12(15(23)22(3)16(24)21(14)2)13(8)20-11-6-9(17)4-5-10(11)18/h4-7H,1-3H3,(H,19,20). The van der Waals surface area contributed by atoms with Gasteiger partial charge in [-0.05, 0) is 30.7 Å². The van der Waals surface area contributed by atoms with Crippen molar-refractivity contribution < 1.29 is 0 Å². The van der Waals surface area contributed by atoms with Crippen molar-refractivity contribution in [3.05, 3.63) is 60.8 Å². The van der Waals surface area contributed by atoms with Gasteiger partial charge in [-0.3, -0.25) is 13.9 Å². The van der Waals surface area contributed by atoms with Crippen LogP contribution in [0.2, 0.25) is 10.0 Å². The Balaban J connectivity index is 2.36. The van der Waals surface area contributed by atoms with Crippen LogP contribution in [-0.2, 0) is 14.1 Å². The maximum Gasteiger partial charge on any atom is 0.332 e. The third-order valence-electron chi connectivity index (χ3n) is 3.85. The van der Waals surface area contributed by atoms with Gasteiger partial charge in [-0.2, -0.15) is 0 Å². The van der Waals surface area contributed by atoms with Crippen LogP contribution in [-0.4, -0.2) is 14.1 Å². The van der Waals surface area contributed by atoms with Crippen LogP contribution in [0.15, 0.2) is 34.0 Å². The summed E-state index contributed by atoms with van der Waals surface area (Å²) in [6.07, 6.45) is 1.60. The Hall–Kier alpha value is -2.31. The van der Waals surface area contributed by atoms with Crippen LogP contribution in [0.5, 0.6) is 0 Å². The molecule has 3 rings (SSSR count). The molecule has 2 heterocycles. The second kappa shape index (κ2) is 5.96. The van der Waals surface area contributed by atoms with Crippen molar-refractivity contribution in [3.63, 3.8) is 0 Å². The first-order valence-corrected chi connectivity index (χ1v) is 7.84. The van der Waals surface area contributed by atoms with E-state index in [0.717, 1.165) is 10.1 Å². The minimum atomic E-state index is -0.435. The van der Waals surface area contributed by atoms with Gasteiger partial charge in [0.1, 0.15) is 5.39 Å². The number of hydrogen-bond acceptors (Lipinski definition) is 4. The summed E-state index contributed by atoms with van der Waals surface area (Å²) in [6.45, 7) is 1.82. The molecule has 0 atom stereocenters. The predicted molar refractivity (Wildman–Crippen MR) is 96.7 cm³/mol. The summed E-state index contributed by atoms with van der Waals surface area (Å²) in [4.78, 5) is 28.9. The Morgan fingerprint density at radius 1 is 1.12 bits per heavy atom. The molecule has 0 unspecified atom stereocenters. The molecule has 1 N–H and O–H groups in total. The molecular formula is C16H14Cl2N4O2. The molecule has 1 aromatic carbocycles. The van der Waals surface area contributed by atoms with E-state index < -0.39 is 11.2 Å². The lowest BCUT2D eigenvalue weighted by molar-refractivity contribution is 0.707. The third kappa shape index (κ3) is 2.57. The van der Waals surface area contributed by atoms with Crippen LogP contribution in [0.4, 0.5) is 11.4 Å². The summed E-state index contributed by atoms with van der Waals surface area (Å²) in [5.41, 5.74) is 1.29. The number of benzene rings is 1. The Morgan fingerprint density at radius 2 is 1.83 bits per heavy atom. The number of rotatable bonds is 2. The van der Waals surface area contributed by atoms with E-state index in [4.69, 9.17) is 23.2 Å². The molecule has 0 amide bonds. The van der Waals surface area contributed by atoms with Crippen molar-refractivity contribution in [2.45, 2.75) is 6.92 Å².